The Hall–Kier alpha value is -16.1. The molecule has 0 fully saturated rings. The smallest absolute Gasteiger partial charge is 0.227 e. The van der Waals surface area contributed by atoms with E-state index in [1.54, 1.807) is 18.6 Å². The quantitative estimate of drug-likeness (QED) is 0.144. The topological polar surface area (TPSA) is 179 Å². The summed E-state index contributed by atoms with van der Waals surface area (Å²) in [6.07, 6.45) is 27.2. The van der Waals surface area contributed by atoms with Crippen molar-refractivity contribution in [1.29, 1.82) is 0 Å². The van der Waals surface area contributed by atoms with E-state index in [0.717, 1.165) is 205 Å². The Morgan fingerprint density at radius 1 is 0.212 bits per heavy atom. The van der Waals surface area contributed by atoms with Crippen LogP contribution in [-0.2, 0) is 42.3 Å². The number of nitrogens with zero attached hydrogens (tertiary/aromatic N) is 12. The molecular formula is C114H102N12O6+6. The van der Waals surface area contributed by atoms with Gasteiger partial charge in [0, 0.05) is 170 Å². The summed E-state index contributed by atoms with van der Waals surface area (Å²) in [5, 5.41) is 10.9. The van der Waals surface area contributed by atoms with Crippen LogP contribution in [0.15, 0.2) is 320 Å². The van der Waals surface area contributed by atoms with Gasteiger partial charge in [-0.05, 0) is 205 Å². The van der Waals surface area contributed by atoms with E-state index in [-0.39, 0.29) is 0 Å². The molecule has 132 heavy (non-hydrogen) atoms. The van der Waals surface area contributed by atoms with Crippen LogP contribution in [-0.4, -0.2) is 29.9 Å². The van der Waals surface area contributed by atoms with E-state index in [1.165, 1.54) is 55.6 Å². The molecule has 18 heterocycles. The Labute approximate surface area is 763 Å². The molecule has 0 amide bonds. The maximum absolute atomic E-state index is 6.16. The van der Waals surface area contributed by atoms with Gasteiger partial charge in [0.05, 0.1) is 39.7 Å². The summed E-state index contributed by atoms with van der Waals surface area (Å²) < 4.78 is 49.6. The summed E-state index contributed by atoms with van der Waals surface area (Å²) in [7, 11) is 12.4. The van der Waals surface area contributed by atoms with Gasteiger partial charge in [0.2, 0.25) is 39.9 Å². The van der Waals surface area contributed by atoms with E-state index in [9.17, 15) is 0 Å². The maximum Gasteiger partial charge on any atom is 0.227 e. The second-order valence-electron chi connectivity index (χ2n) is 34.7. The lowest BCUT2D eigenvalue weighted by atomic mass is 10.00. The normalized spacial score (nSPS) is 11.4. The number of rotatable bonds is 6. The van der Waals surface area contributed by atoms with Gasteiger partial charge >= 0.3 is 0 Å². The third-order valence-corrected chi connectivity index (χ3v) is 25.1. The van der Waals surface area contributed by atoms with E-state index in [1.807, 2.05) is 105 Å². The van der Waals surface area contributed by atoms with Crippen molar-refractivity contribution < 1.29 is 53.9 Å². The molecule has 24 aromatic rings. The molecule has 0 aliphatic carbocycles. The molecule has 24 rings (SSSR count). The number of furan rings is 6. The summed E-state index contributed by atoms with van der Waals surface area (Å²) in [6.45, 7) is 25.3. The van der Waals surface area contributed by atoms with Crippen LogP contribution in [0.4, 0.5) is 0 Å². The lowest BCUT2D eigenvalue weighted by molar-refractivity contribution is -0.660. The average Bonchev–Trinajstić information content (AvgIpc) is 1.62. The SMILES string of the molecule is Cc1cc[n+](C)c(-c2c(C)ccc3c2oc2cccnc23)c1.Cc1cc[n+](C)c(-c2c(C)ccc3c2oc2ccncc23)c1.Cc1cc[n+](C)c(-c2c(C)ccc3c2oc2cnccc23)c1.Cc1cc[n+](C)c(-c2c(C)ccc3c2oc2ncccc23)c1.Cc1cc[n+](C)c(-c2c(C)cnc3c2oc2ccccc23)c1.Cc1cc[n+](C)c(-c2c(C)ncc3c2oc2ccccc23)c1. The highest BCUT2D eigenvalue weighted by Gasteiger charge is 2.29. The van der Waals surface area contributed by atoms with Crippen LogP contribution in [0.5, 0.6) is 0 Å². The third kappa shape index (κ3) is 15.9. The monoisotopic (exact) mass is 1730 g/mol. The zero-order chi connectivity index (χ0) is 91.6. The van der Waals surface area contributed by atoms with Crippen molar-refractivity contribution in [1.82, 2.24) is 29.9 Å². The highest BCUT2D eigenvalue weighted by atomic mass is 16.4. The first kappa shape index (κ1) is 85.4. The summed E-state index contributed by atoms with van der Waals surface area (Å²) in [4.78, 5) is 26.4. The first-order chi connectivity index (χ1) is 63.9. The molecule has 18 aromatic heterocycles. The van der Waals surface area contributed by atoms with Crippen molar-refractivity contribution >= 4 is 132 Å². The van der Waals surface area contributed by atoms with Gasteiger partial charge in [-0.2, -0.15) is 0 Å². The minimum absolute atomic E-state index is 0.694. The predicted molar refractivity (Wildman–Crippen MR) is 526 cm³/mol. The molecule has 0 atom stereocenters. The number of fused-ring (bicyclic) bond motifs is 18. The molecule has 648 valence electrons. The lowest BCUT2D eigenvalue weighted by Crippen LogP contribution is -2.30. The van der Waals surface area contributed by atoms with Gasteiger partial charge in [-0.3, -0.25) is 24.9 Å². The van der Waals surface area contributed by atoms with Crippen molar-refractivity contribution in [3.8, 4) is 67.5 Å². The number of aromatic nitrogens is 12. The van der Waals surface area contributed by atoms with Gasteiger partial charge in [-0.1, -0.05) is 72.8 Å². The summed E-state index contributed by atoms with van der Waals surface area (Å²) >= 11 is 0. The molecule has 0 N–H and O–H groups in total. The van der Waals surface area contributed by atoms with Gasteiger partial charge in [0.25, 0.3) is 0 Å². The molecule has 0 aliphatic heterocycles. The van der Waals surface area contributed by atoms with E-state index in [4.69, 9.17) is 26.5 Å². The first-order valence-electron chi connectivity index (χ1n) is 44.3. The molecule has 0 saturated heterocycles. The Bertz CT molecular complexity index is 7390. The summed E-state index contributed by atoms with van der Waals surface area (Å²) in [5.74, 6) is 0. The van der Waals surface area contributed by atoms with Crippen molar-refractivity contribution in [2.24, 2.45) is 42.3 Å². The fourth-order valence-corrected chi connectivity index (χ4v) is 18.0. The number of hydrogen-bond acceptors (Lipinski definition) is 12. The Balaban J connectivity index is 0.000000102. The molecular weight excluding hydrogens is 1630 g/mol. The van der Waals surface area contributed by atoms with Crippen LogP contribution in [0, 0.1) is 83.1 Å². The highest BCUT2D eigenvalue weighted by Crippen LogP contribution is 2.44. The van der Waals surface area contributed by atoms with Crippen LogP contribution in [0.2, 0.25) is 0 Å². The molecule has 18 heteroatoms. The van der Waals surface area contributed by atoms with Crippen LogP contribution in [0.25, 0.3) is 200 Å². The molecule has 0 aliphatic rings. The summed E-state index contributed by atoms with van der Waals surface area (Å²) in [6, 6.07) is 70.9. The molecule has 6 aromatic carbocycles. The van der Waals surface area contributed by atoms with E-state index in [0.29, 0.717) is 5.71 Å². The number of para-hydroxylation sites is 2. The highest BCUT2D eigenvalue weighted by molar-refractivity contribution is 6.14. The largest absolute Gasteiger partial charge is 0.455 e. The number of pyridine rings is 12. The molecule has 0 bridgehead atoms. The van der Waals surface area contributed by atoms with Gasteiger partial charge in [0.1, 0.15) is 86.8 Å². The molecule has 0 spiro atoms. The van der Waals surface area contributed by atoms with Crippen LogP contribution >= 0.6 is 0 Å². The first-order valence-corrected chi connectivity index (χ1v) is 44.3. The molecule has 0 unspecified atom stereocenters. The molecule has 0 saturated carbocycles. The average molecular weight is 1740 g/mol. The summed E-state index contributed by atoms with van der Waals surface area (Å²) in [5.41, 5.74) is 40.3. The third-order valence-electron chi connectivity index (χ3n) is 25.1. The van der Waals surface area contributed by atoms with Gasteiger partial charge < -0.3 is 26.5 Å². The van der Waals surface area contributed by atoms with Crippen molar-refractivity contribution in [3.05, 3.63) is 360 Å². The second kappa shape index (κ2) is 35.2. The van der Waals surface area contributed by atoms with Crippen molar-refractivity contribution in [3.63, 3.8) is 0 Å². The second-order valence-corrected chi connectivity index (χ2v) is 34.7. The zero-order valence-electron chi connectivity index (χ0n) is 77.5. The predicted octanol–water partition coefficient (Wildman–Crippen LogP) is 24.5. The van der Waals surface area contributed by atoms with Crippen LogP contribution in [0.3, 0.4) is 0 Å². The zero-order valence-corrected chi connectivity index (χ0v) is 77.5. The number of benzene rings is 6. The van der Waals surface area contributed by atoms with Gasteiger partial charge in [-0.25, -0.2) is 32.4 Å². The van der Waals surface area contributed by atoms with E-state index >= 15 is 0 Å². The van der Waals surface area contributed by atoms with Crippen molar-refractivity contribution in [2.75, 3.05) is 0 Å². The van der Waals surface area contributed by atoms with Crippen LogP contribution in [0.1, 0.15) is 66.9 Å². The Morgan fingerprint density at radius 2 is 0.568 bits per heavy atom. The Morgan fingerprint density at radius 3 is 1.09 bits per heavy atom. The Kier molecular flexibility index (Phi) is 22.7. The van der Waals surface area contributed by atoms with Gasteiger partial charge in [-0.15, -0.1) is 0 Å². The lowest BCUT2D eigenvalue weighted by Gasteiger charge is -2.06. The van der Waals surface area contributed by atoms with Gasteiger partial charge in [0.15, 0.2) is 70.7 Å². The fourth-order valence-electron chi connectivity index (χ4n) is 18.0. The fraction of sp³-hybridized carbons (Fsp3) is 0.158. The van der Waals surface area contributed by atoms with E-state index < -0.39 is 0 Å². The molecule has 18 nitrogen and oxygen atoms in total. The molecule has 0 radical (unpaired) electrons. The van der Waals surface area contributed by atoms with Crippen LogP contribution < -0.4 is 27.4 Å². The van der Waals surface area contributed by atoms with E-state index in [2.05, 4.69) is 352 Å². The minimum atomic E-state index is 0.694. The standard InChI is InChI=1S/6C19H17N2O/c1-12-7-9-21(3)16(10-12)18-13(2)4-5-15-14-6-8-20-11-17(14)22-19(15)18;1-12-7-9-21(3)16(10-12)18-13(2)4-5-14-15-11-20-8-6-17(15)22-19(14)18;1-12-8-10-21(3)15(11-12)17-13(2)6-7-14-18-16(22-19(14)17)5-4-9-20-18;1-12-8-10-21(3)16(11-12)17-13(2)6-7-14-15-5-4-9-20-19(15)22-18(14)17;1-12-8-9-21(3)16(10-12)18-13(2)20-11-15-14-6-4-5-7-17(14)22-19(15)18;1-12-8-9-21(3)15(10-12)17-13(2)11-20-18-14-6-4-5-7-16(14)22-19(17)18/h6*4-11H,1-3H3/q6*+1. The maximum atomic E-state index is 6.16. The van der Waals surface area contributed by atoms with Crippen molar-refractivity contribution in [2.45, 2.75) is 83.1 Å². The minimum Gasteiger partial charge on any atom is -0.455 e. The number of hydrogen-bond donors (Lipinski definition) is 0. The number of aryl methyl sites for hydroxylation is 18.